The van der Waals surface area contributed by atoms with Crippen LogP contribution in [-0.2, 0) is 20.8 Å². The zero-order chi connectivity index (χ0) is 22.1. The molecule has 0 saturated heterocycles. The Bertz CT molecular complexity index is 1260. The first-order valence-electron chi connectivity index (χ1n) is 9.16. The monoisotopic (exact) mass is 486 g/mol. The number of amides is 2. The van der Waals surface area contributed by atoms with E-state index in [1.54, 1.807) is 59.0 Å². The van der Waals surface area contributed by atoms with Crippen LogP contribution >= 0.6 is 15.9 Å². The lowest BCUT2D eigenvalue weighted by molar-refractivity contribution is 0.101. The van der Waals surface area contributed by atoms with E-state index in [9.17, 15) is 9.59 Å². The standard InChI is InChI=1S/C18H19BrN10O2/c1-11-14(7-20-26(11)2)23-18(31)16-15(8-21-27(16)3)24-17(30)13-4-5-28(25-13)10-29-9-12(19)6-22-29/h4-9H,10H2,1-3H3,(H,23,31)(H,24,30). The van der Waals surface area contributed by atoms with Crippen LogP contribution in [-0.4, -0.2) is 50.9 Å². The predicted octanol–water partition coefficient (Wildman–Crippen LogP) is 1.63. The van der Waals surface area contributed by atoms with Crippen LogP contribution in [0.15, 0.2) is 41.5 Å². The molecule has 2 amide bonds. The number of anilines is 2. The molecule has 31 heavy (non-hydrogen) atoms. The topological polar surface area (TPSA) is 129 Å². The lowest BCUT2D eigenvalue weighted by atomic mass is 10.3. The molecule has 4 rings (SSSR count). The quantitative estimate of drug-likeness (QED) is 0.425. The molecule has 4 aromatic heterocycles. The first kappa shape index (κ1) is 20.5. The van der Waals surface area contributed by atoms with E-state index in [0.717, 1.165) is 10.2 Å². The number of aromatic nitrogens is 8. The summed E-state index contributed by atoms with van der Waals surface area (Å²) in [5, 5.41) is 22.1. The third-order valence-electron chi connectivity index (χ3n) is 4.65. The largest absolute Gasteiger partial charge is 0.318 e. The molecule has 12 nitrogen and oxygen atoms in total. The Labute approximate surface area is 185 Å². The molecule has 13 heteroatoms. The highest BCUT2D eigenvalue weighted by molar-refractivity contribution is 9.10. The number of rotatable bonds is 6. The van der Waals surface area contributed by atoms with Gasteiger partial charge >= 0.3 is 0 Å². The van der Waals surface area contributed by atoms with Crippen LogP contribution in [0.2, 0.25) is 0 Å². The number of nitrogens with zero attached hydrogens (tertiary/aromatic N) is 8. The van der Waals surface area contributed by atoms with E-state index < -0.39 is 11.8 Å². The van der Waals surface area contributed by atoms with Gasteiger partial charge in [-0.2, -0.15) is 20.4 Å². The van der Waals surface area contributed by atoms with Gasteiger partial charge in [0.25, 0.3) is 11.8 Å². The van der Waals surface area contributed by atoms with E-state index in [0.29, 0.717) is 12.4 Å². The number of nitrogens with one attached hydrogen (secondary N) is 2. The average Bonchev–Trinajstić information content (AvgIpc) is 3.49. The van der Waals surface area contributed by atoms with Gasteiger partial charge in [-0.05, 0) is 28.9 Å². The second kappa shape index (κ2) is 8.18. The van der Waals surface area contributed by atoms with Crippen LogP contribution in [0.5, 0.6) is 0 Å². The van der Waals surface area contributed by atoms with E-state index in [-0.39, 0.29) is 17.1 Å². The molecule has 4 aromatic rings. The van der Waals surface area contributed by atoms with Crippen molar-refractivity contribution in [3.05, 3.63) is 58.6 Å². The summed E-state index contributed by atoms with van der Waals surface area (Å²) in [4.78, 5) is 25.5. The van der Waals surface area contributed by atoms with Gasteiger partial charge in [0, 0.05) is 26.5 Å². The Morgan fingerprint density at radius 3 is 2.35 bits per heavy atom. The van der Waals surface area contributed by atoms with Crippen molar-refractivity contribution in [1.29, 1.82) is 0 Å². The van der Waals surface area contributed by atoms with Crippen LogP contribution in [0.1, 0.15) is 26.7 Å². The van der Waals surface area contributed by atoms with Crippen LogP contribution in [0.3, 0.4) is 0 Å². The normalized spacial score (nSPS) is 11.0. The molecular weight excluding hydrogens is 468 g/mol. The van der Waals surface area contributed by atoms with E-state index in [4.69, 9.17) is 0 Å². The summed E-state index contributed by atoms with van der Waals surface area (Å²) in [7, 11) is 3.41. The molecule has 0 aliphatic rings. The van der Waals surface area contributed by atoms with Gasteiger partial charge in [-0.15, -0.1) is 0 Å². The van der Waals surface area contributed by atoms with Crippen molar-refractivity contribution >= 4 is 39.1 Å². The summed E-state index contributed by atoms with van der Waals surface area (Å²) in [6, 6.07) is 1.59. The Morgan fingerprint density at radius 2 is 1.68 bits per heavy atom. The van der Waals surface area contributed by atoms with Crippen LogP contribution in [0.25, 0.3) is 0 Å². The van der Waals surface area contributed by atoms with Gasteiger partial charge in [0.15, 0.2) is 5.69 Å². The fourth-order valence-electron chi connectivity index (χ4n) is 2.91. The number of hydrogen-bond acceptors (Lipinski definition) is 6. The molecule has 0 aromatic carbocycles. The minimum Gasteiger partial charge on any atom is -0.318 e. The van der Waals surface area contributed by atoms with Crippen molar-refractivity contribution in [2.24, 2.45) is 14.1 Å². The van der Waals surface area contributed by atoms with Gasteiger partial charge in [0.1, 0.15) is 12.4 Å². The van der Waals surface area contributed by atoms with E-state index in [1.165, 1.54) is 10.9 Å². The average molecular weight is 487 g/mol. The van der Waals surface area contributed by atoms with Gasteiger partial charge in [0.2, 0.25) is 0 Å². The van der Waals surface area contributed by atoms with Gasteiger partial charge in [-0.25, -0.2) is 4.68 Å². The Morgan fingerprint density at radius 1 is 0.968 bits per heavy atom. The second-order valence-electron chi connectivity index (χ2n) is 6.79. The zero-order valence-corrected chi connectivity index (χ0v) is 18.5. The first-order chi connectivity index (χ1) is 14.8. The van der Waals surface area contributed by atoms with Crippen molar-refractivity contribution in [1.82, 2.24) is 39.1 Å². The molecule has 4 heterocycles. The summed E-state index contributed by atoms with van der Waals surface area (Å²) < 4.78 is 7.14. The minimum absolute atomic E-state index is 0.199. The molecule has 0 radical (unpaired) electrons. The number of carbonyl (C=O) groups is 2. The lowest BCUT2D eigenvalue weighted by Gasteiger charge is -2.08. The number of aryl methyl sites for hydroxylation is 2. The molecule has 0 aliphatic carbocycles. The second-order valence-corrected chi connectivity index (χ2v) is 7.70. The maximum absolute atomic E-state index is 12.8. The van der Waals surface area contributed by atoms with Gasteiger partial charge in [0.05, 0.1) is 40.1 Å². The summed E-state index contributed by atoms with van der Waals surface area (Å²) in [6.45, 7) is 2.19. The zero-order valence-electron chi connectivity index (χ0n) is 16.9. The van der Waals surface area contributed by atoms with E-state index in [1.807, 2.05) is 6.92 Å². The Balaban J connectivity index is 1.48. The summed E-state index contributed by atoms with van der Waals surface area (Å²) in [6.07, 6.45) is 8.12. The fourth-order valence-corrected chi connectivity index (χ4v) is 3.24. The molecule has 0 unspecified atom stereocenters. The summed E-state index contributed by atoms with van der Waals surface area (Å²) in [5.41, 5.74) is 2.06. The van der Waals surface area contributed by atoms with Gasteiger partial charge in [-0.3, -0.25) is 23.6 Å². The molecule has 2 N–H and O–H groups in total. The maximum atomic E-state index is 12.8. The van der Waals surface area contributed by atoms with Crippen molar-refractivity contribution < 1.29 is 9.59 Å². The van der Waals surface area contributed by atoms with Crippen molar-refractivity contribution in [2.75, 3.05) is 10.6 Å². The third kappa shape index (κ3) is 4.26. The Kier molecular flexibility index (Phi) is 5.42. The molecule has 0 aliphatic heterocycles. The Hall–Kier alpha value is -3.74. The highest BCUT2D eigenvalue weighted by atomic mass is 79.9. The molecule has 0 bridgehead atoms. The van der Waals surface area contributed by atoms with Crippen molar-refractivity contribution in [3.63, 3.8) is 0 Å². The number of carbonyl (C=O) groups excluding carboxylic acids is 2. The van der Waals surface area contributed by atoms with E-state index in [2.05, 4.69) is 47.0 Å². The molecule has 0 spiro atoms. The van der Waals surface area contributed by atoms with Crippen LogP contribution < -0.4 is 10.6 Å². The highest BCUT2D eigenvalue weighted by Crippen LogP contribution is 2.19. The highest BCUT2D eigenvalue weighted by Gasteiger charge is 2.21. The summed E-state index contributed by atoms with van der Waals surface area (Å²) >= 11 is 3.33. The lowest BCUT2D eigenvalue weighted by Crippen LogP contribution is -2.21. The minimum atomic E-state index is -0.458. The molecule has 0 saturated carbocycles. The fraction of sp³-hybridized carbons (Fsp3) is 0.222. The number of halogens is 1. The van der Waals surface area contributed by atoms with Gasteiger partial charge in [-0.1, -0.05) is 0 Å². The number of hydrogen-bond donors (Lipinski definition) is 2. The van der Waals surface area contributed by atoms with Crippen molar-refractivity contribution in [3.8, 4) is 0 Å². The van der Waals surface area contributed by atoms with E-state index >= 15 is 0 Å². The molecular formula is C18H19BrN10O2. The van der Waals surface area contributed by atoms with Crippen molar-refractivity contribution in [2.45, 2.75) is 13.6 Å². The van der Waals surface area contributed by atoms with Gasteiger partial charge < -0.3 is 10.6 Å². The molecule has 0 fully saturated rings. The van der Waals surface area contributed by atoms with Crippen LogP contribution in [0, 0.1) is 6.92 Å². The molecule has 160 valence electrons. The van der Waals surface area contributed by atoms with Crippen LogP contribution in [0.4, 0.5) is 11.4 Å². The summed E-state index contributed by atoms with van der Waals surface area (Å²) in [5.74, 6) is -0.874. The SMILES string of the molecule is Cc1c(NC(=O)c2c(NC(=O)c3ccn(Cn4cc(Br)cn4)n3)cnn2C)cnn1C. The smallest absolute Gasteiger partial charge is 0.276 e. The third-order valence-corrected chi connectivity index (χ3v) is 5.06. The molecule has 0 atom stereocenters. The predicted molar refractivity (Wildman–Crippen MR) is 115 cm³/mol. The maximum Gasteiger partial charge on any atom is 0.276 e. The first-order valence-corrected chi connectivity index (χ1v) is 9.96.